The number of thioether (sulfide) groups is 1. The molecule has 3 atom stereocenters. The lowest BCUT2D eigenvalue weighted by atomic mass is 9.89. The molecule has 0 spiro atoms. The van der Waals surface area contributed by atoms with Gasteiger partial charge in [-0.25, -0.2) is 14.8 Å². The van der Waals surface area contributed by atoms with Crippen LogP contribution in [-0.2, 0) is 6.42 Å². The Morgan fingerprint density at radius 2 is 2.14 bits per heavy atom. The number of aromatic nitrogens is 1. The van der Waals surface area contributed by atoms with Crippen molar-refractivity contribution < 1.29 is 4.39 Å². The fraction of sp³-hybridized carbons (Fsp3) is 0.667. The van der Waals surface area contributed by atoms with Crippen molar-refractivity contribution in [2.24, 2.45) is 5.92 Å². The molecule has 156 valence electrons. The molecule has 7 heteroatoms. The molecule has 1 fully saturated rings. The van der Waals surface area contributed by atoms with Crippen LogP contribution in [-0.4, -0.2) is 40.5 Å². The maximum Gasteiger partial charge on any atom is 0.158 e. The van der Waals surface area contributed by atoms with Gasteiger partial charge in [-0.2, -0.15) is 0 Å². The molecular weight excluding hydrogens is 373 g/mol. The second-order valence-corrected chi connectivity index (χ2v) is 9.83. The quantitative estimate of drug-likeness (QED) is 0.638. The summed E-state index contributed by atoms with van der Waals surface area (Å²) in [6, 6.07) is 2.31. The van der Waals surface area contributed by atoms with Crippen molar-refractivity contribution in [3.63, 3.8) is 0 Å². The molecule has 1 aromatic rings. The fourth-order valence-electron chi connectivity index (χ4n) is 4.16. The second kappa shape index (κ2) is 8.59. The first-order valence-corrected chi connectivity index (χ1v) is 11.4. The number of piperidine rings is 1. The molecule has 0 saturated carbocycles. The molecule has 3 rings (SSSR count). The van der Waals surface area contributed by atoms with E-state index in [0.29, 0.717) is 29.0 Å². The number of rotatable bonds is 5. The van der Waals surface area contributed by atoms with Gasteiger partial charge in [0.05, 0.1) is 5.69 Å². The van der Waals surface area contributed by atoms with E-state index in [-0.39, 0.29) is 17.5 Å². The first kappa shape index (κ1) is 21.4. The minimum atomic E-state index is -0.161. The highest BCUT2D eigenvalue weighted by Gasteiger charge is 2.29. The highest BCUT2D eigenvalue weighted by molar-refractivity contribution is 7.98. The molecular formula is C21H34FN5S. The van der Waals surface area contributed by atoms with Crippen LogP contribution in [0.3, 0.4) is 0 Å². The number of nitrogens with zero attached hydrogens (tertiary/aromatic N) is 2. The van der Waals surface area contributed by atoms with Crippen LogP contribution < -0.4 is 16.1 Å². The Labute approximate surface area is 172 Å². The number of pyridine rings is 1. The van der Waals surface area contributed by atoms with E-state index in [9.17, 15) is 4.39 Å². The third-order valence-corrected chi connectivity index (χ3v) is 6.17. The highest BCUT2D eigenvalue weighted by Crippen LogP contribution is 2.29. The van der Waals surface area contributed by atoms with Crippen molar-refractivity contribution in [2.75, 3.05) is 18.1 Å². The van der Waals surface area contributed by atoms with Gasteiger partial charge in [0.2, 0.25) is 0 Å². The normalized spacial score (nSPS) is 25.8. The summed E-state index contributed by atoms with van der Waals surface area (Å²) in [7, 11) is 0. The molecule has 0 aromatic carbocycles. The van der Waals surface area contributed by atoms with Crippen LogP contribution in [0, 0.1) is 11.7 Å². The monoisotopic (exact) mass is 407 g/mol. The number of halogens is 1. The average Bonchev–Trinajstić information content (AvgIpc) is 2.98. The first-order valence-electron chi connectivity index (χ1n) is 10.2. The van der Waals surface area contributed by atoms with Gasteiger partial charge in [-0.3, -0.25) is 0 Å². The highest BCUT2D eigenvalue weighted by atomic mass is 32.2. The zero-order valence-corrected chi connectivity index (χ0v) is 18.7. The minimum Gasteiger partial charge on any atom is -0.350 e. The Kier molecular flexibility index (Phi) is 6.57. The molecule has 0 radical (unpaired) electrons. The van der Waals surface area contributed by atoms with E-state index in [1.807, 2.05) is 12.3 Å². The van der Waals surface area contributed by atoms with Crippen molar-refractivity contribution in [1.29, 1.82) is 0 Å². The molecule has 0 bridgehead atoms. The SMILES string of the molecule is CSc1cc(NC2C=C(C)N(C(C)(C)C)N2)nc(CC2CCN[C@H](C)C2)c1F. The van der Waals surface area contributed by atoms with Crippen LogP contribution in [0.1, 0.15) is 53.2 Å². The number of nitrogens with one attached hydrogen (secondary N) is 3. The van der Waals surface area contributed by atoms with Crippen molar-refractivity contribution in [3.8, 4) is 0 Å². The van der Waals surface area contributed by atoms with E-state index in [1.54, 1.807) is 0 Å². The third-order valence-electron chi connectivity index (χ3n) is 5.43. The van der Waals surface area contributed by atoms with Gasteiger partial charge in [0.15, 0.2) is 5.82 Å². The molecule has 28 heavy (non-hydrogen) atoms. The van der Waals surface area contributed by atoms with Crippen molar-refractivity contribution in [1.82, 2.24) is 20.7 Å². The Morgan fingerprint density at radius 1 is 1.39 bits per heavy atom. The molecule has 2 aliphatic heterocycles. The Hall–Kier alpha value is -1.31. The van der Waals surface area contributed by atoms with Crippen LogP contribution in [0.15, 0.2) is 22.7 Å². The van der Waals surface area contributed by atoms with E-state index < -0.39 is 0 Å². The molecule has 0 amide bonds. The predicted molar refractivity (Wildman–Crippen MR) is 116 cm³/mol. The number of allylic oxidation sites excluding steroid dienone is 1. The van der Waals surface area contributed by atoms with Crippen molar-refractivity contribution in [3.05, 3.63) is 29.4 Å². The lowest BCUT2D eigenvalue weighted by molar-refractivity contribution is 0.129. The summed E-state index contributed by atoms with van der Waals surface area (Å²) < 4.78 is 14.9. The molecule has 1 saturated heterocycles. The Bertz CT molecular complexity index is 730. The van der Waals surface area contributed by atoms with Gasteiger partial charge in [0.25, 0.3) is 0 Å². The summed E-state index contributed by atoms with van der Waals surface area (Å²) in [5.41, 5.74) is 5.20. The largest absolute Gasteiger partial charge is 0.350 e. The van der Waals surface area contributed by atoms with E-state index in [1.165, 1.54) is 17.5 Å². The molecule has 0 aliphatic carbocycles. The smallest absolute Gasteiger partial charge is 0.158 e. The summed E-state index contributed by atoms with van der Waals surface area (Å²) in [5, 5.41) is 9.05. The van der Waals surface area contributed by atoms with Gasteiger partial charge in [-0.15, -0.1) is 11.8 Å². The zero-order valence-electron chi connectivity index (χ0n) is 17.9. The van der Waals surface area contributed by atoms with Gasteiger partial charge in [-0.1, -0.05) is 0 Å². The molecule has 3 N–H and O–H groups in total. The maximum atomic E-state index is 14.9. The van der Waals surface area contributed by atoms with Crippen LogP contribution in [0.25, 0.3) is 0 Å². The van der Waals surface area contributed by atoms with Gasteiger partial charge in [0, 0.05) is 22.2 Å². The molecule has 2 unspecified atom stereocenters. The topological polar surface area (TPSA) is 52.2 Å². The van der Waals surface area contributed by atoms with Crippen molar-refractivity contribution >= 4 is 17.6 Å². The molecule has 3 heterocycles. The minimum absolute atomic E-state index is 0.0193. The predicted octanol–water partition coefficient (Wildman–Crippen LogP) is 4.13. The van der Waals surface area contributed by atoms with E-state index in [2.05, 4.69) is 66.7 Å². The van der Waals surface area contributed by atoms with Crippen molar-refractivity contribution in [2.45, 2.75) is 76.5 Å². The summed E-state index contributed by atoms with van der Waals surface area (Å²) in [6.45, 7) is 11.8. The van der Waals surface area contributed by atoms with Crippen LogP contribution in [0.5, 0.6) is 0 Å². The van der Waals surface area contributed by atoms with Crippen LogP contribution >= 0.6 is 11.8 Å². The van der Waals surface area contributed by atoms with Gasteiger partial charge in [-0.05, 0) is 84.7 Å². The zero-order chi connectivity index (χ0) is 20.5. The summed E-state index contributed by atoms with van der Waals surface area (Å²) in [4.78, 5) is 5.32. The van der Waals surface area contributed by atoms with Gasteiger partial charge in [0.1, 0.15) is 12.0 Å². The van der Waals surface area contributed by atoms with Gasteiger partial charge >= 0.3 is 0 Å². The lowest BCUT2D eigenvalue weighted by Crippen LogP contribution is -2.50. The molecule has 5 nitrogen and oxygen atoms in total. The lowest BCUT2D eigenvalue weighted by Gasteiger charge is -2.35. The number of hydrogen-bond donors (Lipinski definition) is 3. The second-order valence-electron chi connectivity index (χ2n) is 8.99. The molecule has 1 aromatic heterocycles. The number of hydrazine groups is 1. The van der Waals surface area contributed by atoms with E-state index in [0.717, 1.165) is 25.2 Å². The third kappa shape index (κ3) is 4.99. The average molecular weight is 408 g/mol. The summed E-state index contributed by atoms with van der Waals surface area (Å²) in [6.07, 6.45) is 6.84. The van der Waals surface area contributed by atoms with Crippen LogP contribution in [0.4, 0.5) is 10.2 Å². The fourth-order valence-corrected chi connectivity index (χ4v) is 4.68. The molecule has 2 aliphatic rings. The Morgan fingerprint density at radius 3 is 2.75 bits per heavy atom. The standard InChI is InChI=1S/C21H34FN5S/c1-13-9-15(7-8-23-13)11-16-20(22)17(28-6)12-18(24-16)25-19-10-14(2)27(26-19)21(3,4)5/h10,12-13,15,19,23,26H,7-9,11H2,1-6H3,(H,24,25)/t13-,15?,19?/m1/s1. The summed E-state index contributed by atoms with van der Waals surface area (Å²) in [5.74, 6) is 1.04. The van der Waals surface area contributed by atoms with Crippen LogP contribution in [0.2, 0.25) is 0 Å². The first-order chi connectivity index (χ1) is 13.2. The number of hydrogen-bond acceptors (Lipinski definition) is 6. The Balaban J connectivity index is 1.77. The van der Waals surface area contributed by atoms with E-state index >= 15 is 0 Å². The van der Waals surface area contributed by atoms with Gasteiger partial charge < -0.3 is 15.6 Å². The number of anilines is 1. The summed E-state index contributed by atoms with van der Waals surface area (Å²) >= 11 is 1.44. The maximum absolute atomic E-state index is 14.9. The van der Waals surface area contributed by atoms with E-state index in [4.69, 9.17) is 0 Å².